The molecule has 1 aromatic heterocycles. The van der Waals surface area contributed by atoms with Gasteiger partial charge >= 0.3 is 0 Å². The molecule has 0 radical (unpaired) electrons. The highest BCUT2D eigenvalue weighted by atomic mass is 32.2. The number of aliphatic hydroxyl groups excluding tert-OH is 1. The van der Waals surface area contributed by atoms with Crippen molar-refractivity contribution in [2.45, 2.75) is 11.8 Å². The molecule has 1 aromatic rings. The number of nitrogens with one attached hydrogen (secondary N) is 1. The molecule has 0 unspecified atom stereocenters. The van der Waals surface area contributed by atoms with E-state index in [9.17, 15) is 4.79 Å². The lowest BCUT2D eigenvalue weighted by Gasteiger charge is -1.94. The van der Waals surface area contributed by atoms with Crippen molar-refractivity contribution in [3.8, 4) is 0 Å². The van der Waals surface area contributed by atoms with Crippen LogP contribution in [-0.2, 0) is 6.61 Å². The third-order valence-electron chi connectivity index (χ3n) is 1.09. The van der Waals surface area contributed by atoms with Gasteiger partial charge in [-0.3, -0.25) is 9.78 Å². The maximum absolute atomic E-state index is 10.9. The Balaban J connectivity index is 3.10. The first-order chi connectivity index (χ1) is 5.27. The normalized spacial score (nSPS) is 10.0. The van der Waals surface area contributed by atoms with Crippen molar-refractivity contribution in [1.29, 1.82) is 0 Å². The molecular formula is C5H7N3O2S. The van der Waals surface area contributed by atoms with Crippen LogP contribution in [0.25, 0.3) is 0 Å². The molecule has 1 rings (SSSR count). The van der Waals surface area contributed by atoms with Crippen LogP contribution in [0.15, 0.2) is 9.95 Å². The first-order valence-corrected chi connectivity index (χ1v) is 4.11. The van der Waals surface area contributed by atoms with Gasteiger partial charge in [-0.15, -0.1) is 10.2 Å². The van der Waals surface area contributed by atoms with Gasteiger partial charge in [0.15, 0.2) is 10.9 Å². The molecule has 5 nitrogen and oxygen atoms in total. The molecule has 0 aliphatic carbocycles. The summed E-state index contributed by atoms with van der Waals surface area (Å²) < 4.78 is 0. The van der Waals surface area contributed by atoms with Gasteiger partial charge in [0, 0.05) is 0 Å². The predicted molar refractivity (Wildman–Crippen MR) is 40.4 cm³/mol. The molecule has 0 aliphatic rings. The summed E-state index contributed by atoms with van der Waals surface area (Å²) in [6.45, 7) is -0.378. The van der Waals surface area contributed by atoms with E-state index in [1.165, 1.54) is 11.8 Å². The average Bonchev–Trinajstić information content (AvgIpc) is 2.04. The molecule has 0 amide bonds. The van der Waals surface area contributed by atoms with Crippen LogP contribution in [0, 0.1) is 0 Å². The Kier molecular flexibility index (Phi) is 2.61. The fraction of sp³-hybridized carbons (Fsp3) is 0.400. The molecule has 60 valence electrons. The Bertz CT molecular complexity index is 298. The second-order valence-corrected chi connectivity index (χ2v) is 2.56. The number of H-pyrrole nitrogens is 1. The van der Waals surface area contributed by atoms with Gasteiger partial charge in [-0.05, 0) is 6.26 Å². The van der Waals surface area contributed by atoms with E-state index in [0.29, 0.717) is 5.16 Å². The maximum atomic E-state index is 10.9. The summed E-state index contributed by atoms with van der Waals surface area (Å²) in [5, 5.41) is 16.1. The highest BCUT2D eigenvalue weighted by molar-refractivity contribution is 7.98. The smallest absolute Gasteiger partial charge is 0.275 e. The Morgan fingerprint density at radius 3 is 2.82 bits per heavy atom. The summed E-state index contributed by atoms with van der Waals surface area (Å²) in [6, 6.07) is 0. The van der Waals surface area contributed by atoms with Crippen molar-refractivity contribution in [1.82, 2.24) is 15.2 Å². The molecule has 0 atom stereocenters. The number of aliphatic hydroxyl groups is 1. The van der Waals surface area contributed by atoms with Gasteiger partial charge in [0.1, 0.15) is 0 Å². The third-order valence-corrected chi connectivity index (χ3v) is 1.66. The van der Waals surface area contributed by atoms with Crippen molar-refractivity contribution in [2.24, 2.45) is 0 Å². The standard InChI is InChI=1S/C5H7N3O2S/c1-11-5-6-4(10)3(2-9)7-8-5/h9H,2H2,1H3,(H,6,8,10). The zero-order chi connectivity index (χ0) is 8.27. The first-order valence-electron chi connectivity index (χ1n) is 2.88. The SMILES string of the molecule is CSc1nnc(CO)c(=O)[nH]1. The lowest BCUT2D eigenvalue weighted by Crippen LogP contribution is -2.17. The molecule has 0 bridgehead atoms. The number of rotatable bonds is 2. The van der Waals surface area contributed by atoms with E-state index in [2.05, 4.69) is 15.2 Å². The number of nitrogens with zero attached hydrogens (tertiary/aromatic N) is 2. The van der Waals surface area contributed by atoms with Crippen LogP contribution in [0.1, 0.15) is 5.69 Å². The summed E-state index contributed by atoms with van der Waals surface area (Å²) in [6.07, 6.45) is 1.78. The summed E-state index contributed by atoms with van der Waals surface area (Å²) in [5.74, 6) is 0. The topological polar surface area (TPSA) is 78.9 Å². The highest BCUT2D eigenvalue weighted by Gasteiger charge is 2.00. The van der Waals surface area contributed by atoms with Crippen molar-refractivity contribution in [2.75, 3.05) is 6.26 Å². The van der Waals surface area contributed by atoms with E-state index in [1.807, 2.05) is 0 Å². The molecule has 0 fully saturated rings. The van der Waals surface area contributed by atoms with E-state index in [4.69, 9.17) is 5.11 Å². The molecule has 0 saturated heterocycles. The van der Waals surface area contributed by atoms with Crippen molar-refractivity contribution in [3.05, 3.63) is 16.0 Å². The zero-order valence-corrected chi connectivity index (χ0v) is 6.68. The summed E-state index contributed by atoms with van der Waals surface area (Å²) in [7, 11) is 0. The summed E-state index contributed by atoms with van der Waals surface area (Å²) in [5.41, 5.74) is -0.338. The molecule has 11 heavy (non-hydrogen) atoms. The molecule has 2 N–H and O–H groups in total. The van der Waals surface area contributed by atoms with E-state index in [1.54, 1.807) is 6.26 Å². The molecule has 0 aromatic carbocycles. The van der Waals surface area contributed by atoms with Crippen LogP contribution in [0.5, 0.6) is 0 Å². The second-order valence-electron chi connectivity index (χ2n) is 1.77. The van der Waals surface area contributed by atoms with Gasteiger partial charge in [0.2, 0.25) is 0 Å². The van der Waals surface area contributed by atoms with E-state index in [0.717, 1.165) is 0 Å². The molecule has 0 aliphatic heterocycles. The van der Waals surface area contributed by atoms with Crippen molar-refractivity contribution < 1.29 is 5.11 Å². The summed E-state index contributed by atoms with van der Waals surface area (Å²) >= 11 is 1.29. The molecular weight excluding hydrogens is 166 g/mol. The van der Waals surface area contributed by atoms with E-state index >= 15 is 0 Å². The van der Waals surface area contributed by atoms with Crippen LogP contribution in [-0.4, -0.2) is 26.5 Å². The number of aromatic amines is 1. The minimum atomic E-state index is -0.383. The summed E-state index contributed by atoms with van der Waals surface area (Å²) in [4.78, 5) is 13.3. The number of hydrogen-bond acceptors (Lipinski definition) is 5. The van der Waals surface area contributed by atoms with Crippen molar-refractivity contribution in [3.63, 3.8) is 0 Å². The van der Waals surface area contributed by atoms with Crippen LogP contribution in [0.2, 0.25) is 0 Å². The van der Waals surface area contributed by atoms with Crippen LogP contribution < -0.4 is 5.56 Å². The molecule has 6 heteroatoms. The fourth-order valence-corrected chi connectivity index (χ4v) is 0.858. The van der Waals surface area contributed by atoms with Crippen LogP contribution >= 0.6 is 11.8 Å². The fourth-order valence-electron chi connectivity index (χ4n) is 0.541. The highest BCUT2D eigenvalue weighted by Crippen LogP contribution is 2.01. The minimum Gasteiger partial charge on any atom is -0.390 e. The van der Waals surface area contributed by atoms with E-state index in [-0.39, 0.29) is 17.9 Å². The number of hydrogen-bond donors (Lipinski definition) is 2. The number of thioether (sulfide) groups is 1. The Morgan fingerprint density at radius 2 is 2.36 bits per heavy atom. The molecule has 0 saturated carbocycles. The lowest BCUT2D eigenvalue weighted by atomic mass is 10.5. The zero-order valence-electron chi connectivity index (χ0n) is 5.87. The van der Waals surface area contributed by atoms with Gasteiger partial charge < -0.3 is 5.11 Å². The Hall–Kier alpha value is -0.880. The van der Waals surface area contributed by atoms with Crippen LogP contribution in [0.3, 0.4) is 0 Å². The Morgan fingerprint density at radius 1 is 1.64 bits per heavy atom. The van der Waals surface area contributed by atoms with E-state index < -0.39 is 0 Å². The predicted octanol–water partition coefficient (Wildman–Crippen LogP) is -0.621. The van der Waals surface area contributed by atoms with Gasteiger partial charge in [-0.25, -0.2) is 0 Å². The molecule has 1 heterocycles. The molecule has 0 spiro atoms. The monoisotopic (exact) mass is 173 g/mol. The van der Waals surface area contributed by atoms with Gasteiger partial charge in [0.25, 0.3) is 5.56 Å². The van der Waals surface area contributed by atoms with Gasteiger partial charge in [0.05, 0.1) is 6.61 Å². The average molecular weight is 173 g/mol. The first kappa shape index (κ1) is 8.22. The minimum absolute atomic E-state index is 0.0443. The lowest BCUT2D eigenvalue weighted by molar-refractivity contribution is 0.272. The maximum Gasteiger partial charge on any atom is 0.275 e. The van der Waals surface area contributed by atoms with Crippen LogP contribution in [0.4, 0.5) is 0 Å². The van der Waals surface area contributed by atoms with Gasteiger partial charge in [-0.2, -0.15) is 0 Å². The third kappa shape index (κ3) is 1.78. The quantitative estimate of drug-likeness (QED) is 0.583. The van der Waals surface area contributed by atoms with Gasteiger partial charge in [-0.1, -0.05) is 11.8 Å². The Labute approximate surface area is 66.9 Å². The largest absolute Gasteiger partial charge is 0.390 e. The van der Waals surface area contributed by atoms with Crippen molar-refractivity contribution >= 4 is 11.8 Å². The second kappa shape index (κ2) is 3.49. The number of aromatic nitrogens is 3.